The molecular weight excluding hydrogens is 446 g/mol. The van der Waals surface area contributed by atoms with Gasteiger partial charge in [-0.1, -0.05) is 30.3 Å². The van der Waals surface area contributed by atoms with E-state index < -0.39 is 0 Å². The molecule has 7 heteroatoms. The molecule has 0 unspecified atom stereocenters. The SMILES string of the molecule is CC(C)n1cnc2c(NC3CCN(Cc4ccccc4)CC3)nc(-c3ccc4c(ccn4C)c3)nc21. The van der Waals surface area contributed by atoms with Gasteiger partial charge in [0, 0.05) is 61.4 Å². The molecule has 1 aliphatic heterocycles. The molecule has 7 nitrogen and oxygen atoms in total. The number of likely N-dealkylation sites (tertiary alicyclic amines) is 1. The number of aromatic nitrogens is 5. The third-order valence-corrected chi connectivity index (χ3v) is 7.30. The zero-order valence-corrected chi connectivity index (χ0v) is 21.2. The zero-order chi connectivity index (χ0) is 24.6. The molecule has 1 saturated heterocycles. The first-order valence-electron chi connectivity index (χ1n) is 12.9. The third kappa shape index (κ3) is 4.35. The Balaban J connectivity index is 1.28. The minimum Gasteiger partial charge on any atom is -0.365 e. The summed E-state index contributed by atoms with van der Waals surface area (Å²) in [5.41, 5.74) is 5.33. The van der Waals surface area contributed by atoms with Crippen molar-refractivity contribution in [3.05, 3.63) is 72.7 Å². The number of hydrogen-bond donors (Lipinski definition) is 1. The number of nitrogens with zero attached hydrogens (tertiary/aromatic N) is 6. The molecule has 0 saturated carbocycles. The van der Waals surface area contributed by atoms with Crippen molar-refractivity contribution in [2.24, 2.45) is 7.05 Å². The highest BCUT2D eigenvalue weighted by molar-refractivity contribution is 5.88. The van der Waals surface area contributed by atoms with Gasteiger partial charge in [-0.2, -0.15) is 0 Å². The van der Waals surface area contributed by atoms with Crippen LogP contribution in [0.1, 0.15) is 38.3 Å². The first-order valence-corrected chi connectivity index (χ1v) is 12.9. The highest BCUT2D eigenvalue weighted by Crippen LogP contribution is 2.29. The lowest BCUT2D eigenvalue weighted by Crippen LogP contribution is -2.38. The van der Waals surface area contributed by atoms with Gasteiger partial charge in [0.25, 0.3) is 0 Å². The van der Waals surface area contributed by atoms with Gasteiger partial charge in [0.15, 0.2) is 17.3 Å². The maximum atomic E-state index is 5.02. The summed E-state index contributed by atoms with van der Waals surface area (Å²) in [5.74, 6) is 1.57. The van der Waals surface area contributed by atoms with Gasteiger partial charge in [-0.3, -0.25) is 4.90 Å². The Bertz CT molecular complexity index is 1490. The number of aryl methyl sites for hydroxylation is 1. The van der Waals surface area contributed by atoms with E-state index in [4.69, 9.17) is 15.0 Å². The second-order valence-electron chi connectivity index (χ2n) is 10.2. The molecule has 0 radical (unpaired) electrons. The summed E-state index contributed by atoms with van der Waals surface area (Å²) < 4.78 is 4.27. The van der Waals surface area contributed by atoms with Crippen molar-refractivity contribution >= 4 is 27.9 Å². The van der Waals surface area contributed by atoms with E-state index in [-0.39, 0.29) is 6.04 Å². The maximum absolute atomic E-state index is 5.02. The van der Waals surface area contributed by atoms with Crippen LogP contribution in [0.25, 0.3) is 33.5 Å². The normalized spacial score (nSPS) is 15.3. The predicted octanol–water partition coefficient (Wildman–Crippen LogP) is 5.64. The average Bonchev–Trinajstić information content (AvgIpc) is 3.49. The lowest BCUT2D eigenvalue weighted by atomic mass is 10.0. The van der Waals surface area contributed by atoms with E-state index in [9.17, 15) is 0 Å². The Hall–Kier alpha value is -3.71. The fraction of sp³-hybridized carbons (Fsp3) is 0.345. The van der Waals surface area contributed by atoms with Gasteiger partial charge in [-0.25, -0.2) is 15.0 Å². The molecule has 1 N–H and O–H groups in total. The molecule has 0 spiro atoms. The average molecular weight is 480 g/mol. The largest absolute Gasteiger partial charge is 0.365 e. The van der Waals surface area contributed by atoms with Crippen molar-refractivity contribution in [2.45, 2.75) is 45.3 Å². The lowest BCUT2D eigenvalue weighted by molar-refractivity contribution is 0.211. The van der Waals surface area contributed by atoms with E-state index in [1.807, 2.05) is 6.33 Å². The molecule has 5 aromatic rings. The Kier molecular flexibility index (Phi) is 5.93. The molecule has 3 aromatic heterocycles. The van der Waals surface area contributed by atoms with Crippen molar-refractivity contribution < 1.29 is 0 Å². The first kappa shape index (κ1) is 22.7. The Labute approximate surface area is 211 Å². The molecule has 184 valence electrons. The smallest absolute Gasteiger partial charge is 0.166 e. The van der Waals surface area contributed by atoms with Crippen molar-refractivity contribution in [3.63, 3.8) is 0 Å². The minimum absolute atomic E-state index is 0.267. The van der Waals surface area contributed by atoms with Gasteiger partial charge >= 0.3 is 0 Å². The summed E-state index contributed by atoms with van der Waals surface area (Å²) in [4.78, 5) is 17.3. The summed E-state index contributed by atoms with van der Waals surface area (Å²) in [7, 11) is 2.07. The van der Waals surface area contributed by atoms with Crippen LogP contribution in [0.2, 0.25) is 0 Å². The van der Waals surface area contributed by atoms with E-state index in [0.29, 0.717) is 6.04 Å². The molecule has 1 aliphatic rings. The second-order valence-corrected chi connectivity index (χ2v) is 10.2. The van der Waals surface area contributed by atoms with Gasteiger partial charge in [0.05, 0.1) is 6.33 Å². The number of nitrogens with one attached hydrogen (secondary N) is 1. The monoisotopic (exact) mass is 479 g/mol. The minimum atomic E-state index is 0.267. The van der Waals surface area contributed by atoms with Crippen molar-refractivity contribution in [2.75, 3.05) is 18.4 Å². The van der Waals surface area contributed by atoms with Gasteiger partial charge < -0.3 is 14.5 Å². The second kappa shape index (κ2) is 9.39. The molecular formula is C29H33N7. The lowest BCUT2D eigenvalue weighted by Gasteiger charge is -2.32. The Morgan fingerprint density at radius 3 is 2.58 bits per heavy atom. The van der Waals surface area contributed by atoms with Crippen LogP contribution in [0.4, 0.5) is 5.82 Å². The fourth-order valence-corrected chi connectivity index (χ4v) is 5.22. The molecule has 1 fully saturated rings. The van der Waals surface area contributed by atoms with Crippen LogP contribution in [-0.2, 0) is 13.6 Å². The molecule has 4 heterocycles. The number of hydrogen-bond acceptors (Lipinski definition) is 5. The van der Waals surface area contributed by atoms with Crippen molar-refractivity contribution in [1.29, 1.82) is 0 Å². The van der Waals surface area contributed by atoms with Crippen LogP contribution in [0.3, 0.4) is 0 Å². The zero-order valence-electron chi connectivity index (χ0n) is 21.2. The fourth-order valence-electron chi connectivity index (χ4n) is 5.22. The number of anilines is 1. The highest BCUT2D eigenvalue weighted by atomic mass is 15.2. The molecule has 2 aromatic carbocycles. The molecule has 0 atom stereocenters. The van der Waals surface area contributed by atoms with E-state index >= 15 is 0 Å². The van der Waals surface area contributed by atoms with Gasteiger partial charge in [-0.05, 0) is 56.5 Å². The molecule has 0 amide bonds. The Morgan fingerprint density at radius 1 is 1.00 bits per heavy atom. The Morgan fingerprint density at radius 2 is 1.81 bits per heavy atom. The van der Waals surface area contributed by atoms with Crippen molar-refractivity contribution in [1.82, 2.24) is 29.0 Å². The molecule has 6 rings (SSSR count). The summed E-state index contributed by atoms with van der Waals surface area (Å²) >= 11 is 0. The van der Waals surface area contributed by atoms with Gasteiger partial charge in [0.1, 0.15) is 5.52 Å². The van der Waals surface area contributed by atoms with E-state index in [2.05, 4.69) is 101 Å². The molecule has 0 bridgehead atoms. The van der Waals surface area contributed by atoms with Crippen molar-refractivity contribution in [3.8, 4) is 11.4 Å². The topological polar surface area (TPSA) is 63.8 Å². The van der Waals surface area contributed by atoms with Gasteiger partial charge in [-0.15, -0.1) is 0 Å². The maximum Gasteiger partial charge on any atom is 0.166 e. The first-order chi connectivity index (χ1) is 17.5. The molecule has 0 aliphatic carbocycles. The van der Waals surface area contributed by atoms with Crippen LogP contribution < -0.4 is 5.32 Å². The van der Waals surface area contributed by atoms with E-state index in [1.165, 1.54) is 16.5 Å². The summed E-state index contributed by atoms with van der Waals surface area (Å²) in [5, 5.41) is 4.95. The predicted molar refractivity (Wildman–Crippen MR) is 146 cm³/mol. The van der Waals surface area contributed by atoms with Crippen LogP contribution in [-0.4, -0.2) is 48.1 Å². The van der Waals surface area contributed by atoms with Crippen LogP contribution in [0.15, 0.2) is 67.1 Å². The third-order valence-electron chi connectivity index (χ3n) is 7.30. The summed E-state index contributed by atoms with van der Waals surface area (Å²) in [6.07, 6.45) is 6.13. The van der Waals surface area contributed by atoms with Gasteiger partial charge in [0.2, 0.25) is 0 Å². The number of rotatable bonds is 6. The van der Waals surface area contributed by atoms with E-state index in [1.54, 1.807) is 0 Å². The number of benzene rings is 2. The van der Waals surface area contributed by atoms with Crippen LogP contribution in [0.5, 0.6) is 0 Å². The summed E-state index contributed by atoms with van der Waals surface area (Å²) in [6, 6.07) is 19.9. The number of imidazole rings is 1. The summed E-state index contributed by atoms with van der Waals surface area (Å²) in [6.45, 7) is 7.47. The standard InChI is InChI=1S/C29H33N7/c1-20(2)36-19-30-26-28(31-24-12-15-35(16-13-24)18-21-7-5-4-6-8-21)32-27(33-29(26)36)23-9-10-25-22(17-23)11-14-34(25)3/h4-11,14,17,19-20,24H,12-13,15-16,18H2,1-3H3,(H,31,32,33). The van der Waals surface area contributed by atoms with E-state index in [0.717, 1.165) is 60.8 Å². The molecule has 36 heavy (non-hydrogen) atoms. The quantitative estimate of drug-likeness (QED) is 0.341. The van der Waals surface area contributed by atoms with Crippen LogP contribution >= 0.6 is 0 Å². The number of fused-ring (bicyclic) bond motifs is 2. The van der Waals surface area contributed by atoms with Crippen LogP contribution in [0, 0.1) is 0 Å². The highest BCUT2D eigenvalue weighted by Gasteiger charge is 2.22. The number of piperidine rings is 1.